The Hall–Kier alpha value is -1.69. The van der Waals surface area contributed by atoms with E-state index in [1.54, 1.807) is 17.3 Å². The van der Waals surface area contributed by atoms with Crippen molar-refractivity contribution in [1.29, 1.82) is 0 Å². The number of rotatable bonds is 1. The highest BCUT2D eigenvalue weighted by Gasteiger charge is 2.20. The lowest BCUT2D eigenvalue weighted by molar-refractivity contribution is 0.145. The first kappa shape index (κ1) is 13.7. The average molecular weight is 264 g/mol. The summed E-state index contributed by atoms with van der Waals surface area (Å²) in [5, 5.41) is 3.18. The largest absolute Gasteiger partial charge is 0.415 e. The molecule has 0 radical (unpaired) electrons. The normalized spacial score (nSPS) is 16.3. The summed E-state index contributed by atoms with van der Waals surface area (Å²) in [6.45, 7) is 9.04. The minimum atomic E-state index is -0.339. The molecule has 1 aromatic rings. The van der Waals surface area contributed by atoms with E-state index in [1.807, 2.05) is 20.8 Å². The Morgan fingerprint density at radius 2 is 1.84 bits per heavy atom. The molecule has 19 heavy (non-hydrogen) atoms. The van der Waals surface area contributed by atoms with Crippen LogP contribution < -0.4 is 10.1 Å². The Morgan fingerprint density at radius 1 is 1.26 bits per heavy atom. The highest BCUT2D eigenvalue weighted by atomic mass is 16.6. The van der Waals surface area contributed by atoms with E-state index in [0.717, 1.165) is 18.9 Å². The Bertz CT molecular complexity index is 433. The second kappa shape index (κ2) is 5.52. The summed E-state index contributed by atoms with van der Waals surface area (Å²) in [6, 6.07) is 0. The quantitative estimate of drug-likeness (QED) is 0.825. The minimum absolute atomic E-state index is 0.110. The van der Waals surface area contributed by atoms with Gasteiger partial charge in [-0.15, -0.1) is 0 Å². The van der Waals surface area contributed by atoms with Gasteiger partial charge in [0.25, 0.3) is 0 Å². The van der Waals surface area contributed by atoms with Crippen molar-refractivity contribution in [1.82, 2.24) is 20.2 Å². The van der Waals surface area contributed by atoms with Gasteiger partial charge >= 0.3 is 6.09 Å². The first-order valence-electron chi connectivity index (χ1n) is 6.47. The Balaban J connectivity index is 1.97. The molecule has 1 aliphatic rings. The number of carbonyl (C=O) groups is 1. The monoisotopic (exact) mass is 264 g/mol. The number of ether oxygens (including phenoxy) is 1. The van der Waals surface area contributed by atoms with E-state index in [-0.39, 0.29) is 11.5 Å². The van der Waals surface area contributed by atoms with Gasteiger partial charge < -0.3 is 15.0 Å². The van der Waals surface area contributed by atoms with Crippen molar-refractivity contribution in [3.63, 3.8) is 0 Å². The van der Waals surface area contributed by atoms with Crippen LogP contribution in [0.15, 0.2) is 12.4 Å². The van der Waals surface area contributed by atoms with E-state index in [2.05, 4.69) is 15.3 Å². The first-order chi connectivity index (χ1) is 8.97. The fourth-order valence-electron chi connectivity index (χ4n) is 1.77. The van der Waals surface area contributed by atoms with E-state index in [0.29, 0.717) is 18.8 Å². The zero-order valence-electron chi connectivity index (χ0n) is 11.6. The number of hydrogen-bond donors (Lipinski definition) is 1. The van der Waals surface area contributed by atoms with Gasteiger partial charge in [0.15, 0.2) is 5.75 Å². The zero-order valence-corrected chi connectivity index (χ0v) is 11.6. The van der Waals surface area contributed by atoms with Gasteiger partial charge in [-0.1, -0.05) is 20.8 Å². The summed E-state index contributed by atoms with van der Waals surface area (Å²) in [5.41, 5.74) is -0.110. The third-order valence-electron chi connectivity index (χ3n) is 2.88. The van der Waals surface area contributed by atoms with Crippen molar-refractivity contribution in [2.45, 2.75) is 26.2 Å². The Kier molecular flexibility index (Phi) is 3.99. The smallest absolute Gasteiger partial charge is 0.407 e. The topological polar surface area (TPSA) is 67.3 Å². The van der Waals surface area contributed by atoms with E-state index < -0.39 is 0 Å². The van der Waals surface area contributed by atoms with Crippen molar-refractivity contribution in [3.05, 3.63) is 18.2 Å². The van der Waals surface area contributed by atoms with Crippen molar-refractivity contribution < 1.29 is 9.53 Å². The van der Waals surface area contributed by atoms with Gasteiger partial charge in [0.05, 0.1) is 12.4 Å². The standard InChI is InChI=1S/C13H20N4O2/c1-13(2,3)11-15-8-10(9-16-11)19-12(18)17-6-4-14-5-7-17/h8-9,14H,4-7H2,1-3H3. The molecule has 1 N–H and O–H groups in total. The highest BCUT2D eigenvalue weighted by molar-refractivity contribution is 5.70. The highest BCUT2D eigenvalue weighted by Crippen LogP contribution is 2.19. The molecule has 2 rings (SSSR count). The summed E-state index contributed by atoms with van der Waals surface area (Å²) < 4.78 is 5.26. The third kappa shape index (κ3) is 3.64. The molecule has 104 valence electrons. The fraction of sp³-hybridized carbons (Fsp3) is 0.615. The molecule has 1 aromatic heterocycles. The number of piperazine rings is 1. The third-order valence-corrected chi connectivity index (χ3v) is 2.88. The first-order valence-corrected chi connectivity index (χ1v) is 6.47. The fourth-order valence-corrected chi connectivity index (χ4v) is 1.77. The molecule has 0 atom stereocenters. The van der Waals surface area contributed by atoms with Gasteiger partial charge in [-0.3, -0.25) is 0 Å². The van der Waals surface area contributed by atoms with Crippen LogP contribution in [0.4, 0.5) is 4.79 Å². The lowest BCUT2D eigenvalue weighted by Gasteiger charge is -2.26. The van der Waals surface area contributed by atoms with Gasteiger partial charge in [0.1, 0.15) is 5.82 Å². The molecule has 2 heterocycles. The molecular formula is C13H20N4O2. The molecule has 6 heteroatoms. The summed E-state index contributed by atoms with van der Waals surface area (Å²) in [6.07, 6.45) is 2.76. The number of amides is 1. The van der Waals surface area contributed by atoms with Crippen molar-refractivity contribution >= 4 is 6.09 Å². The number of aromatic nitrogens is 2. The van der Waals surface area contributed by atoms with Crippen LogP contribution in [0.5, 0.6) is 5.75 Å². The van der Waals surface area contributed by atoms with Crippen molar-refractivity contribution in [2.75, 3.05) is 26.2 Å². The van der Waals surface area contributed by atoms with Crippen LogP contribution >= 0.6 is 0 Å². The SMILES string of the molecule is CC(C)(C)c1ncc(OC(=O)N2CCNCC2)cn1. The number of nitrogens with one attached hydrogen (secondary N) is 1. The molecule has 6 nitrogen and oxygen atoms in total. The second-order valence-electron chi connectivity index (χ2n) is 5.60. The van der Waals surface area contributed by atoms with E-state index in [9.17, 15) is 4.79 Å². The van der Waals surface area contributed by atoms with E-state index >= 15 is 0 Å². The molecule has 0 unspecified atom stereocenters. The molecule has 0 saturated carbocycles. The van der Waals surface area contributed by atoms with E-state index in [4.69, 9.17) is 4.74 Å². The maximum Gasteiger partial charge on any atom is 0.415 e. The van der Waals surface area contributed by atoms with Gasteiger partial charge in [-0.05, 0) is 0 Å². The number of hydrogen-bond acceptors (Lipinski definition) is 5. The van der Waals surface area contributed by atoms with E-state index in [1.165, 1.54) is 0 Å². The maximum absolute atomic E-state index is 11.9. The Labute approximate surface area is 113 Å². The molecule has 0 aliphatic carbocycles. The molecule has 1 aliphatic heterocycles. The summed E-state index contributed by atoms with van der Waals surface area (Å²) >= 11 is 0. The van der Waals surface area contributed by atoms with Gasteiger partial charge in [-0.2, -0.15) is 0 Å². The van der Waals surface area contributed by atoms with Crippen LogP contribution in [-0.2, 0) is 5.41 Å². The lowest BCUT2D eigenvalue weighted by atomic mass is 9.96. The van der Waals surface area contributed by atoms with Gasteiger partial charge in [-0.25, -0.2) is 14.8 Å². The zero-order chi connectivity index (χ0) is 13.9. The molecule has 0 spiro atoms. The molecule has 0 bridgehead atoms. The summed E-state index contributed by atoms with van der Waals surface area (Å²) in [7, 11) is 0. The van der Waals surface area contributed by atoms with Crippen LogP contribution in [0.3, 0.4) is 0 Å². The van der Waals surface area contributed by atoms with Crippen LogP contribution in [0.1, 0.15) is 26.6 Å². The summed E-state index contributed by atoms with van der Waals surface area (Å²) in [4.78, 5) is 22.0. The molecule has 1 saturated heterocycles. The molecular weight excluding hydrogens is 244 g/mol. The molecule has 0 aromatic carbocycles. The second-order valence-corrected chi connectivity index (χ2v) is 5.60. The van der Waals surface area contributed by atoms with Crippen LogP contribution in [0.25, 0.3) is 0 Å². The van der Waals surface area contributed by atoms with Crippen LogP contribution in [0, 0.1) is 0 Å². The number of nitrogens with zero attached hydrogens (tertiary/aromatic N) is 3. The Morgan fingerprint density at radius 3 is 2.37 bits per heavy atom. The molecule has 1 fully saturated rings. The number of carbonyl (C=O) groups excluding carboxylic acids is 1. The maximum atomic E-state index is 11.9. The van der Waals surface area contributed by atoms with Crippen LogP contribution in [-0.4, -0.2) is 47.1 Å². The van der Waals surface area contributed by atoms with Crippen molar-refractivity contribution in [2.24, 2.45) is 0 Å². The molecule has 1 amide bonds. The van der Waals surface area contributed by atoms with Gasteiger partial charge in [0, 0.05) is 31.6 Å². The average Bonchev–Trinajstić information content (AvgIpc) is 2.39. The predicted octanol–water partition coefficient (Wildman–Crippen LogP) is 1.18. The van der Waals surface area contributed by atoms with Gasteiger partial charge in [0.2, 0.25) is 0 Å². The van der Waals surface area contributed by atoms with Crippen LogP contribution in [0.2, 0.25) is 0 Å². The minimum Gasteiger partial charge on any atom is -0.407 e. The summed E-state index contributed by atoms with van der Waals surface area (Å²) in [5.74, 6) is 1.12. The van der Waals surface area contributed by atoms with Crippen molar-refractivity contribution in [3.8, 4) is 5.75 Å². The predicted molar refractivity (Wildman–Crippen MR) is 71.2 cm³/mol. The lowest BCUT2D eigenvalue weighted by Crippen LogP contribution is -2.47.